The van der Waals surface area contributed by atoms with E-state index in [-0.39, 0.29) is 0 Å². The van der Waals surface area contributed by atoms with Gasteiger partial charge in [0.1, 0.15) is 5.82 Å². The number of aromatic nitrogens is 2. The first kappa shape index (κ1) is 14.5. The van der Waals surface area contributed by atoms with E-state index in [0.29, 0.717) is 6.04 Å². The minimum absolute atomic E-state index is 0.692. The number of likely N-dealkylation sites (N-methyl/N-ethyl adjacent to an activating group) is 1. The first-order valence-corrected chi connectivity index (χ1v) is 7.59. The fraction of sp³-hybridized carbons (Fsp3) is 0.800. The van der Waals surface area contributed by atoms with Gasteiger partial charge < -0.3 is 9.47 Å². The maximum atomic E-state index is 4.54. The van der Waals surface area contributed by atoms with Crippen molar-refractivity contribution in [3.8, 4) is 0 Å². The molecule has 4 nitrogen and oxygen atoms in total. The summed E-state index contributed by atoms with van der Waals surface area (Å²) in [6.07, 6.45) is 9.21. The third-order valence-electron chi connectivity index (χ3n) is 4.09. The number of rotatable bonds is 5. The number of likely N-dealkylation sites (tertiary alicyclic amines) is 1. The highest BCUT2D eigenvalue weighted by molar-refractivity contribution is 4.93. The molecule has 0 aliphatic carbocycles. The van der Waals surface area contributed by atoms with E-state index in [1.165, 1.54) is 44.6 Å². The van der Waals surface area contributed by atoms with Crippen molar-refractivity contribution in [2.24, 2.45) is 0 Å². The predicted octanol–water partition coefficient (Wildman–Crippen LogP) is 2.21. The molecular weight excluding hydrogens is 236 g/mol. The van der Waals surface area contributed by atoms with Crippen LogP contribution in [0.2, 0.25) is 0 Å². The van der Waals surface area contributed by atoms with Gasteiger partial charge in [-0.2, -0.15) is 0 Å². The second-order valence-electron chi connectivity index (χ2n) is 5.89. The van der Waals surface area contributed by atoms with Gasteiger partial charge in [-0.3, -0.25) is 4.90 Å². The number of imidazole rings is 1. The summed E-state index contributed by atoms with van der Waals surface area (Å²) in [5, 5.41) is 0. The molecular formula is C15H28N4. The molecule has 1 unspecified atom stereocenters. The van der Waals surface area contributed by atoms with Gasteiger partial charge in [-0.25, -0.2) is 4.98 Å². The Balaban J connectivity index is 1.98. The third kappa shape index (κ3) is 4.05. The highest BCUT2D eigenvalue weighted by atomic mass is 15.2. The van der Waals surface area contributed by atoms with Gasteiger partial charge in [0.25, 0.3) is 0 Å². The lowest BCUT2D eigenvalue weighted by Crippen LogP contribution is -2.39. The fourth-order valence-electron chi connectivity index (χ4n) is 2.90. The van der Waals surface area contributed by atoms with Gasteiger partial charge >= 0.3 is 0 Å². The molecule has 108 valence electrons. The van der Waals surface area contributed by atoms with Crippen molar-refractivity contribution in [2.45, 2.75) is 51.7 Å². The van der Waals surface area contributed by atoms with E-state index in [0.717, 1.165) is 13.1 Å². The van der Waals surface area contributed by atoms with E-state index < -0.39 is 0 Å². The number of hydrogen-bond donors (Lipinski definition) is 0. The Morgan fingerprint density at radius 1 is 1.37 bits per heavy atom. The Labute approximate surface area is 117 Å². The number of hydrogen-bond acceptors (Lipinski definition) is 3. The third-order valence-corrected chi connectivity index (χ3v) is 4.09. The van der Waals surface area contributed by atoms with Crippen LogP contribution in [-0.4, -0.2) is 52.6 Å². The first-order valence-electron chi connectivity index (χ1n) is 7.59. The average molecular weight is 264 g/mol. The molecule has 0 saturated carbocycles. The van der Waals surface area contributed by atoms with Gasteiger partial charge in [0, 0.05) is 31.5 Å². The largest absolute Gasteiger partial charge is 0.334 e. The first-order chi connectivity index (χ1) is 9.20. The van der Waals surface area contributed by atoms with E-state index in [9.17, 15) is 0 Å². The Morgan fingerprint density at radius 3 is 2.95 bits per heavy atom. The zero-order valence-electron chi connectivity index (χ0n) is 12.7. The lowest BCUT2D eigenvalue weighted by Gasteiger charge is -2.28. The predicted molar refractivity (Wildman–Crippen MR) is 79.1 cm³/mol. The molecule has 0 amide bonds. The molecule has 0 spiro atoms. The monoisotopic (exact) mass is 264 g/mol. The van der Waals surface area contributed by atoms with Crippen LogP contribution < -0.4 is 0 Å². The molecule has 0 bridgehead atoms. The Hall–Kier alpha value is -0.870. The fourth-order valence-corrected chi connectivity index (χ4v) is 2.90. The molecule has 1 aliphatic heterocycles. The molecule has 1 aromatic rings. The Morgan fingerprint density at radius 2 is 2.21 bits per heavy atom. The van der Waals surface area contributed by atoms with Crippen LogP contribution in [0.5, 0.6) is 0 Å². The van der Waals surface area contributed by atoms with E-state index >= 15 is 0 Å². The van der Waals surface area contributed by atoms with Crippen molar-refractivity contribution in [3.05, 3.63) is 18.2 Å². The van der Waals surface area contributed by atoms with Gasteiger partial charge in [0.05, 0.1) is 6.54 Å². The summed E-state index contributed by atoms with van der Waals surface area (Å²) < 4.78 is 2.30. The number of nitrogens with zero attached hydrogens (tertiary/aromatic N) is 4. The summed E-state index contributed by atoms with van der Waals surface area (Å²) >= 11 is 0. The quantitative estimate of drug-likeness (QED) is 0.815. The molecule has 2 rings (SSSR count). The summed E-state index contributed by atoms with van der Waals surface area (Å²) in [6.45, 7) is 6.69. The topological polar surface area (TPSA) is 24.3 Å². The SMILES string of the molecule is CCCn1ccnc1CN1CCCCC(N(C)C)C1. The van der Waals surface area contributed by atoms with Crippen molar-refractivity contribution < 1.29 is 0 Å². The van der Waals surface area contributed by atoms with E-state index in [1.807, 2.05) is 6.20 Å². The number of aryl methyl sites for hydroxylation is 1. The van der Waals surface area contributed by atoms with E-state index in [2.05, 4.69) is 46.6 Å². The zero-order valence-corrected chi connectivity index (χ0v) is 12.7. The highest BCUT2D eigenvalue weighted by Gasteiger charge is 2.20. The van der Waals surface area contributed by atoms with Crippen molar-refractivity contribution in [1.29, 1.82) is 0 Å². The highest BCUT2D eigenvalue weighted by Crippen LogP contribution is 2.16. The molecule has 0 aromatic carbocycles. The molecule has 0 radical (unpaired) electrons. The molecule has 19 heavy (non-hydrogen) atoms. The second-order valence-corrected chi connectivity index (χ2v) is 5.89. The molecule has 1 fully saturated rings. The minimum atomic E-state index is 0.692. The Kier molecular flexibility index (Phi) is 5.40. The summed E-state index contributed by atoms with van der Waals surface area (Å²) in [4.78, 5) is 9.48. The molecule has 1 atom stereocenters. The van der Waals surface area contributed by atoms with Crippen LogP contribution in [-0.2, 0) is 13.1 Å². The normalized spacial score (nSPS) is 21.8. The standard InChI is InChI=1S/C15H28N4/c1-4-9-19-11-8-16-15(19)13-18-10-6-5-7-14(12-18)17(2)3/h8,11,14H,4-7,9-10,12-13H2,1-3H3. The van der Waals surface area contributed by atoms with Crippen molar-refractivity contribution in [2.75, 3.05) is 27.2 Å². The van der Waals surface area contributed by atoms with Crippen LogP contribution in [0, 0.1) is 0 Å². The smallest absolute Gasteiger partial charge is 0.122 e. The van der Waals surface area contributed by atoms with E-state index in [4.69, 9.17) is 0 Å². The molecule has 4 heteroatoms. The molecule has 1 aromatic heterocycles. The molecule has 1 saturated heterocycles. The van der Waals surface area contributed by atoms with Gasteiger partial charge in [0.2, 0.25) is 0 Å². The van der Waals surface area contributed by atoms with Crippen molar-refractivity contribution in [3.63, 3.8) is 0 Å². The van der Waals surface area contributed by atoms with E-state index in [1.54, 1.807) is 0 Å². The van der Waals surface area contributed by atoms with Gasteiger partial charge in [-0.15, -0.1) is 0 Å². The van der Waals surface area contributed by atoms with Gasteiger partial charge in [-0.05, 0) is 39.9 Å². The lowest BCUT2D eigenvalue weighted by atomic mass is 10.1. The molecule has 2 heterocycles. The van der Waals surface area contributed by atoms with Crippen LogP contribution in [0.25, 0.3) is 0 Å². The minimum Gasteiger partial charge on any atom is -0.334 e. The molecule has 0 N–H and O–H groups in total. The lowest BCUT2D eigenvalue weighted by molar-refractivity contribution is 0.186. The van der Waals surface area contributed by atoms with Crippen LogP contribution >= 0.6 is 0 Å². The average Bonchev–Trinajstić information content (AvgIpc) is 2.67. The summed E-state index contributed by atoms with van der Waals surface area (Å²) in [7, 11) is 4.40. The Bertz CT molecular complexity index is 372. The maximum absolute atomic E-state index is 4.54. The zero-order chi connectivity index (χ0) is 13.7. The maximum Gasteiger partial charge on any atom is 0.122 e. The summed E-state index contributed by atoms with van der Waals surface area (Å²) in [5.41, 5.74) is 0. The van der Waals surface area contributed by atoms with Crippen LogP contribution in [0.1, 0.15) is 38.4 Å². The van der Waals surface area contributed by atoms with Crippen molar-refractivity contribution >= 4 is 0 Å². The van der Waals surface area contributed by atoms with Gasteiger partial charge in [-0.1, -0.05) is 13.3 Å². The van der Waals surface area contributed by atoms with Crippen molar-refractivity contribution in [1.82, 2.24) is 19.4 Å². The molecule has 1 aliphatic rings. The van der Waals surface area contributed by atoms with Gasteiger partial charge in [0.15, 0.2) is 0 Å². The second kappa shape index (κ2) is 7.06. The van der Waals surface area contributed by atoms with Crippen LogP contribution in [0.3, 0.4) is 0 Å². The summed E-state index contributed by atoms with van der Waals surface area (Å²) in [5.74, 6) is 1.22. The van der Waals surface area contributed by atoms with Crippen LogP contribution in [0.4, 0.5) is 0 Å². The van der Waals surface area contributed by atoms with Crippen LogP contribution in [0.15, 0.2) is 12.4 Å². The summed E-state index contributed by atoms with van der Waals surface area (Å²) in [6, 6.07) is 0.692.